The summed E-state index contributed by atoms with van der Waals surface area (Å²) in [5.74, 6) is 0.0193. The van der Waals surface area contributed by atoms with Gasteiger partial charge >= 0.3 is 12.1 Å². The zero-order chi connectivity index (χ0) is 25.5. The van der Waals surface area contributed by atoms with E-state index in [1.165, 1.54) is 6.07 Å². The second-order valence-electron chi connectivity index (χ2n) is 8.60. The van der Waals surface area contributed by atoms with E-state index in [2.05, 4.69) is 0 Å². The van der Waals surface area contributed by atoms with E-state index in [1.807, 2.05) is 48.5 Å². The molecule has 0 aliphatic carbocycles. The van der Waals surface area contributed by atoms with E-state index >= 15 is 0 Å². The van der Waals surface area contributed by atoms with Crippen molar-refractivity contribution in [3.8, 4) is 16.9 Å². The topological polar surface area (TPSA) is 65.1 Å². The first-order chi connectivity index (χ1) is 17.5. The van der Waals surface area contributed by atoms with E-state index in [0.29, 0.717) is 43.9 Å². The van der Waals surface area contributed by atoms with Crippen LogP contribution in [0.2, 0.25) is 0 Å². The molecule has 7 heteroatoms. The Balaban J connectivity index is 1.57. The van der Waals surface area contributed by atoms with Crippen LogP contribution in [-0.2, 0) is 40.1 Å². The Morgan fingerprint density at radius 3 is 2.36 bits per heavy atom. The Labute approximate surface area is 210 Å². The molecule has 36 heavy (non-hydrogen) atoms. The van der Waals surface area contributed by atoms with Gasteiger partial charge in [0.1, 0.15) is 18.2 Å². The van der Waals surface area contributed by atoms with Gasteiger partial charge in [0.25, 0.3) is 0 Å². The average molecular weight is 492 g/mol. The maximum Gasteiger partial charge on any atom is 0.410 e. The second kappa shape index (κ2) is 11.7. The summed E-state index contributed by atoms with van der Waals surface area (Å²) in [4.78, 5) is 26.4. The van der Waals surface area contributed by atoms with Crippen molar-refractivity contribution in [1.82, 2.24) is 4.90 Å². The number of benzene rings is 3. The summed E-state index contributed by atoms with van der Waals surface area (Å²) in [6, 6.07) is 18.2. The highest BCUT2D eigenvalue weighted by Gasteiger charge is 2.25. The molecule has 0 fully saturated rings. The van der Waals surface area contributed by atoms with Crippen LogP contribution in [-0.4, -0.2) is 43.8 Å². The fourth-order valence-corrected chi connectivity index (χ4v) is 4.53. The molecule has 1 heterocycles. The first kappa shape index (κ1) is 25.2. The van der Waals surface area contributed by atoms with E-state index in [1.54, 1.807) is 25.0 Å². The minimum absolute atomic E-state index is 0.134. The molecule has 1 aliphatic heterocycles. The predicted octanol–water partition coefficient (Wildman–Crippen LogP) is 5.34. The molecule has 0 radical (unpaired) electrons. The monoisotopic (exact) mass is 491 g/mol. The average Bonchev–Trinajstić information content (AvgIpc) is 3.12. The number of carbonyl (C=O) groups is 2. The van der Waals surface area contributed by atoms with Gasteiger partial charge in [-0.05, 0) is 65.8 Å². The van der Waals surface area contributed by atoms with Crippen LogP contribution in [0.25, 0.3) is 11.1 Å². The Hall–Kier alpha value is -3.87. The van der Waals surface area contributed by atoms with Crippen molar-refractivity contribution in [3.05, 3.63) is 88.7 Å². The van der Waals surface area contributed by atoms with Gasteiger partial charge in [-0.1, -0.05) is 42.5 Å². The molecule has 0 aromatic heterocycles. The lowest BCUT2D eigenvalue weighted by Crippen LogP contribution is -2.33. The number of rotatable bonds is 7. The lowest BCUT2D eigenvalue weighted by Gasteiger charge is -2.20. The largest absolute Gasteiger partial charge is 0.496 e. The number of halogens is 1. The van der Waals surface area contributed by atoms with Crippen LogP contribution in [0.15, 0.2) is 60.7 Å². The number of fused-ring (bicyclic) bond motifs is 1. The number of carbonyl (C=O) groups excluding carboxylic acids is 2. The number of nitrogens with zero attached hydrogens (tertiary/aromatic N) is 1. The van der Waals surface area contributed by atoms with E-state index in [4.69, 9.17) is 14.2 Å². The zero-order valence-corrected chi connectivity index (χ0v) is 20.6. The van der Waals surface area contributed by atoms with Crippen LogP contribution in [0.4, 0.5) is 9.18 Å². The first-order valence-electron chi connectivity index (χ1n) is 12.1. The van der Waals surface area contributed by atoms with Gasteiger partial charge in [0.15, 0.2) is 0 Å². The molecule has 0 unspecified atom stereocenters. The molecular formula is C29H30FNO5. The summed E-state index contributed by atoms with van der Waals surface area (Å²) in [5, 5.41) is 0. The lowest BCUT2D eigenvalue weighted by atomic mass is 9.90. The highest BCUT2D eigenvalue weighted by Crippen LogP contribution is 2.37. The van der Waals surface area contributed by atoms with Crippen molar-refractivity contribution in [3.63, 3.8) is 0 Å². The molecule has 0 bridgehead atoms. The molecule has 6 nitrogen and oxygen atoms in total. The van der Waals surface area contributed by atoms with E-state index in [0.717, 1.165) is 27.8 Å². The summed E-state index contributed by atoms with van der Waals surface area (Å²) in [7, 11) is 1.58. The molecule has 1 aliphatic rings. The minimum Gasteiger partial charge on any atom is -0.496 e. The molecular weight excluding hydrogens is 461 g/mol. The summed E-state index contributed by atoms with van der Waals surface area (Å²) >= 11 is 0. The number of hydrogen-bond donors (Lipinski definition) is 0. The summed E-state index contributed by atoms with van der Waals surface area (Å²) < 4.78 is 31.1. The maximum atomic E-state index is 14.9. The van der Waals surface area contributed by atoms with Gasteiger partial charge in [-0.25, -0.2) is 9.18 Å². The van der Waals surface area contributed by atoms with Gasteiger partial charge in [-0.15, -0.1) is 0 Å². The molecule has 0 saturated carbocycles. The number of esters is 1. The van der Waals surface area contributed by atoms with Gasteiger partial charge in [-0.3, -0.25) is 4.79 Å². The Morgan fingerprint density at radius 2 is 1.64 bits per heavy atom. The third kappa shape index (κ3) is 5.85. The highest BCUT2D eigenvalue weighted by atomic mass is 19.1. The molecule has 0 spiro atoms. The third-order valence-electron chi connectivity index (χ3n) is 6.31. The van der Waals surface area contributed by atoms with Crippen molar-refractivity contribution >= 4 is 12.1 Å². The quantitative estimate of drug-likeness (QED) is 0.417. The summed E-state index contributed by atoms with van der Waals surface area (Å²) in [6.07, 6.45) is 0.562. The number of ether oxygens (including phenoxy) is 3. The van der Waals surface area contributed by atoms with E-state index < -0.39 is 6.09 Å². The lowest BCUT2D eigenvalue weighted by molar-refractivity contribution is -0.142. The Morgan fingerprint density at radius 1 is 0.889 bits per heavy atom. The van der Waals surface area contributed by atoms with Crippen LogP contribution in [0.3, 0.4) is 0 Å². The normalized spacial score (nSPS) is 12.9. The molecule has 0 saturated heterocycles. The van der Waals surface area contributed by atoms with Gasteiger partial charge < -0.3 is 19.1 Å². The number of methoxy groups -OCH3 is 1. The molecule has 3 aromatic carbocycles. The van der Waals surface area contributed by atoms with Crippen LogP contribution >= 0.6 is 0 Å². The van der Waals surface area contributed by atoms with Crippen molar-refractivity contribution in [2.45, 2.75) is 32.8 Å². The Bertz CT molecular complexity index is 1230. The van der Waals surface area contributed by atoms with Gasteiger partial charge in [0.2, 0.25) is 0 Å². The SMILES string of the molecule is CCOC(=O)Cc1ccc(OC)c(-c2ccc(F)c3c2CCN(C(=O)OCc2ccccc2)CC3)c1. The van der Waals surface area contributed by atoms with E-state index in [9.17, 15) is 14.0 Å². The van der Waals surface area contributed by atoms with Gasteiger partial charge in [-0.2, -0.15) is 0 Å². The first-order valence-corrected chi connectivity index (χ1v) is 12.1. The fourth-order valence-electron chi connectivity index (χ4n) is 4.53. The standard InChI is InChI=1S/C29H30FNO5/c1-3-35-28(32)18-21-9-12-27(34-2)25(17-21)22-10-11-26(30)24-14-16-31(15-13-23(22)24)29(33)36-19-20-7-5-4-6-8-20/h4-12,17H,3,13-16,18-19H2,1-2H3. The predicted molar refractivity (Wildman–Crippen MR) is 134 cm³/mol. The van der Waals surface area contributed by atoms with Crippen molar-refractivity contribution in [2.75, 3.05) is 26.8 Å². The van der Waals surface area contributed by atoms with Crippen molar-refractivity contribution < 1.29 is 28.2 Å². The van der Waals surface area contributed by atoms with Gasteiger partial charge in [0.05, 0.1) is 20.1 Å². The van der Waals surface area contributed by atoms with Crippen LogP contribution in [0.1, 0.15) is 29.2 Å². The fraction of sp³-hybridized carbons (Fsp3) is 0.310. The van der Waals surface area contributed by atoms with Crippen LogP contribution in [0.5, 0.6) is 5.75 Å². The van der Waals surface area contributed by atoms with E-state index in [-0.39, 0.29) is 24.8 Å². The molecule has 0 atom stereocenters. The minimum atomic E-state index is -0.414. The van der Waals surface area contributed by atoms with Gasteiger partial charge in [0, 0.05) is 18.7 Å². The molecule has 1 amide bonds. The smallest absolute Gasteiger partial charge is 0.410 e. The maximum absolute atomic E-state index is 14.9. The Kier molecular flexibility index (Phi) is 8.21. The molecule has 0 N–H and O–H groups in total. The third-order valence-corrected chi connectivity index (χ3v) is 6.31. The zero-order valence-electron chi connectivity index (χ0n) is 20.6. The number of amides is 1. The van der Waals surface area contributed by atoms with Crippen LogP contribution in [0, 0.1) is 5.82 Å². The highest BCUT2D eigenvalue weighted by molar-refractivity contribution is 5.78. The summed E-state index contributed by atoms with van der Waals surface area (Å²) in [5.41, 5.74) is 4.71. The summed E-state index contributed by atoms with van der Waals surface area (Å²) in [6.45, 7) is 3.04. The molecule has 4 rings (SSSR count). The van der Waals surface area contributed by atoms with Crippen LogP contribution < -0.4 is 4.74 Å². The molecule has 188 valence electrons. The van der Waals surface area contributed by atoms with Crippen molar-refractivity contribution in [1.29, 1.82) is 0 Å². The van der Waals surface area contributed by atoms with Crippen molar-refractivity contribution in [2.24, 2.45) is 0 Å². The molecule has 3 aromatic rings. The second-order valence-corrected chi connectivity index (χ2v) is 8.60. The number of hydrogen-bond acceptors (Lipinski definition) is 5.